The Labute approximate surface area is 156 Å². The smallest absolute Gasteiger partial charge is 0.251 e. The van der Waals surface area contributed by atoms with Crippen molar-refractivity contribution in [3.63, 3.8) is 0 Å². The van der Waals surface area contributed by atoms with Gasteiger partial charge in [0.15, 0.2) is 0 Å². The van der Waals surface area contributed by atoms with E-state index >= 15 is 0 Å². The summed E-state index contributed by atoms with van der Waals surface area (Å²) in [5.74, 6) is -0.0673. The fraction of sp³-hybridized carbons (Fsp3) is 0.364. The van der Waals surface area contributed by atoms with E-state index in [4.69, 9.17) is 0 Å². The zero-order valence-electron chi connectivity index (χ0n) is 15.9. The van der Waals surface area contributed by atoms with Gasteiger partial charge in [-0.25, -0.2) is 0 Å². The molecule has 0 heterocycles. The van der Waals surface area contributed by atoms with Crippen LogP contribution in [0.4, 0.5) is 0 Å². The van der Waals surface area contributed by atoms with Crippen molar-refractivity contribution in [3.05, 3.63) is 71.3 Å². The number of nitrogens with one attached hydrogen (secondary N) is 1. The maximum atomic E-state index is 12.7. The maximum Gasteiger partial charge on any atom is 0.251 e. The third kappa shape index (κ3) is 5.45. The van der Waals surface area contributed by atoms with Crippen LogP contribution in [-0.2, 0) is 11.3 Å². The summed E-state index contributed by atoms with van der Waals surface area (Å²) in [6.45, 7) is 6.99. The minimum absolute atomic E-state index is 0.0632. The van der Waals surface area contributed by atoms with Gasteiger partial charge in [-0.15, -0.1) is 0 Å². The normalized spacial score (nSPS) is 11.7. The summed E-state index contributed by atoms with van der Waals surface area (Å²) in [7, 11) is 0. The Morgan fingerprint density at radius 3 is 2.35 bits per heavy atom. The fourth-order valence-corrected chi connectivity index (χ4v) is 2.84. The van der Waals surface area contributed by atoms with Gasteiger partial charge in [0.25, 0.3) is 5.91 Å². The van der Waals surface area contributed by atoms with Crippen molar-refractivity contribution in [2.24, 2.45) is 0 Å². The molecular weight excluding hydrogens is 324 g/mol. The number of amides is 2. The molecule has 2 aromatic carbocycles. The third-order valence-corrected chi connectivity index (χ3v) is 4.65. The predicted molar refractivity (Wildman–Crippen MR) is 105 cm³/mol. The lowest BCUT2D eigenvalue weighted by atomic mass is 10.1. The van der Waals surface area contributed by atoms with Crippen molar-refractivity contribution in [1.82, 2.24) is 10.2 Å². The second-order valence-electron chi connectivity index (χ2n) is 6.59. The Kier molecular flexibility index (Phi) is 7.39. The van der Waals surface area contributed by atoms with Gasteiger partial charge < -0.3 is 10.2 Å². The molecule has 2 amide bonds. The predicted octanol–water partition coefficient (Wildman–Crippen LogP) is 3.94. The zero-order valence-corrected chi connectivity index (χ0v) is 15.9. The molecule has 1 atom stereocenters. The Morgan fingerprint density at radius 2 is 1.69 bits per heavy atom. The molecule has 1 N–H and O–H groups in total. The Bertz CT molecular complexity index is 728. The second kappa shape index (κ2) is 9.76. The zero-order chi connectivity index (χ0) is 18.9. The molecule has 26 heavy (non-hydrogen) atoms. The molecule has 0 saturated carbocycles. The molecular formula is C22H28N2O2. The van der Waals surface area contributed by atoms with Crippen molar-refractivity contribution in [1.29, 1.82) is 0 Å². The number of hydrogen-bond acceptors (Lipinski definition) is 2. The van der Waals surface area contributed by atoms with Crippen LogP contribution in [0.3, 0.4) is 0 Å². The minimum atomic E-state index is -0.131. The maximum absolute atomic E-state index is 12.7. The first-order chi connectivity index (χ1) is 12.5. The van der Waals surface area contributed by atoms with E-state index in [-0.39, 0.29) is 17.9 Å². The molecule has 4 heteroatoms. The number of nitrogens with zero attached hydrogens (tertiary/aromatic N) is 1. The number of rotatable bonds is 8. The largest absolute Gasteiger partial charge is 0.352 e. The highest BCUT2D eigenvalue weighted by molar-refractivity contribution is 5.95. The van der Waals surface area contributed by atoms with E-state index in [0.717, 1.165) is 17.5 Å². The van der Waals surface area contributed by atoms with Gasteiger partial charge in [0.2, 0.25) is 5.91 Å². The van der Waals surface area contributed by atoms with E-state index in [1.807, 2.05) is 60.4 Å². The summed E-state index contributed by atoms with van der Waals surface area (Å²) >= 11 is 0. The number of carbonyl (C=O) groups is 2. The van der Waals surface area contributed by atoms with Crippen LogP contribution in [0.5, 0.6) is 0 Å². The summed E-state index contributed by atoms with van der Waals surface area (Å²) in [6.07, 6.45) is 1.20. The van der Waals surface area contributed by atoms with Gasteiger partial charge in [0, 0.05) is 31.1 Å². The standard InChI is InChI=1S/C22H28N2O2/c1-4-18(3)24(16-19-11-6-5-7-12-19)21(25)14-15-23-22(26)20-13-9-8-10-17(20)2/h5-13,18H,4,14-16H2,1-3H3,(H,23,26). The van der Waals surface area contributed by atoms with Crippen LogP contribution in [0, 0.1) is 6.92 Å². The third-order valence-electron chi connectivity index (χ3n) is 4.65. The summed E-state index contributed by atoms with van der Waals surface area (Å²) in [6, 6.07) is 17.6. The summed E-state index contributed by atoms with van der Waals surface area (Å²) in [5.41, 5.74) is 2.70. The SMILES string of the molecule is CCC(C)N(Cc1ccccc1)C(=O)CCNC(=O)c1ccccc1C. The quantitative estimate of drug-likeness (QED) is 0.782. The van der Waals surface area contributed by atoms with Gasteiger partial charge in [-0.05, 0) is 37.5 Å². The number of benzene rings is 2. The highest BCUT2D eigenvalue weighted by atomic mass is 16.2. The lowest BCUT2D eigenvalue weighted by Gasteiger charge is -2.29. The van der Waals surface area contributed by atoms with Crippen molar-refractivity contribution in [2.45, 2.75) is 46.2 Å². The van der Waals surface area contributed by atoms with Gasteiger partial charge >= 0.3 is 0 Å². The first-order valence-electron chi connectivity index (χ1n) is 9.20. The van der Waals surface area contributed by atoms with Crippen LogP contribution in [0.1, 0.15) is 48.2 Å². The van der Waals surface area contributed by atoms with E-state index in [1.165, 1.54) is 0 Å². The molecule has 0 aromatic heterocycles. The van der Waals surface area contributed by atoms with Gasteiger partial charge in [0.1, 0.15) is 0 Å². The van der Waals surface area contributed by atoms with Gasteiger partial charge in [-0.3, -0.25) is 9.59 Å². The second-order valence-corrected chi connectivity index (χ2v) is 6.59. The average Bonchev–Trinajstić information content (AvgIpc) is 2.66. The van der Waals surface area contributed by atoms with E-state index < -0.39 is 0 Å². The van der Waals surface area contributed by atoms with E-state index in [2.05, 4.69) is 19.2 Å². The molecule has 0 aliphatic rings. The summed E-state index contributed by atoms with van der Waals surface area (Å²) in [5, 5.41) is 2.86. The molecule has 0 bridgehead atoms. The molecule has 0 spiro atoms. The molecule has 138 valence electrons. The Balaban J connectivity index is 1.92. The van der Waals surface area contributed by atoms with Gasteiger partial charge in [-0.1, -0.05) is 55.5 Å². The summed E-state index contributed by atoms with van der Waals surface area (Å²) in [4.78, 5) is 26.9. The fourth-order valence-electron chi connectivity index (χ4n) is 2.84. The van der Waals surface area contributed by atoms with Crippen LogP contribution < -0.4 is 5.32 Å². The van der Waals surface area contributed by atoms with Crippen LogP contribution in [0.15, 0.2) is 54.6 Å². The van der Waals surface area contributed by atoms with E-state index in [0.29, 0.717) is 25.1 Å². The molecule has 1 unspecified atom stereocenters. The molecule has 0 fully saturated rings. The topological polar surface area (TPSA) is 49.4 Å². The molecule has 0 radical (unpaired) electrons. The summed E-state index contributed by atoms with van der Waals surface area (Å²) < 4.78 is 0. The molecule has 2 rings (SSSR count). The lowest BCUT2D eigenvalue weighted by Crippen LogP contribution is -2.39. The van der Waals surface area contributed by atoms with Crippen LogP contribution in [0.25, 0.3) is 0 Å². The van der Waals surface area contributed by atoms with Crippen molar-refractivity contribution in [3.8, 4) is 0 Å². The first-order valence-corrected chi connectivity index (χ1v) is 9.20. The highest BCUT2D eigenvalue weighted by Crippen LogP contribution is 2.12. The molecule has 0 aliphatic carbocycles. The van der Waals surface area contributed by atoms with Crippen LogP contribution in [-0.4, -0.2) is 29.3 Å². The lowest BCUT2D eigenvalue weighted by molar-refractivity contribution is -0.133. The van der Waals surface area contributed by atoms with Gasteiger partial charge in [-0.2, -0.15) is 0 Å². The molecule has 0 aliphatic heterocycles. The van der Waals surface area contributed by atoms with Crippen LogP contribution in [0.2, 0.25) is 0 Å². The number of carbonyl (C=O) groups excluding carboxylic acids is 2. The van der Waals surface area contributed by atoms with Crippen LogP contribution >= 0.6 is 0 Å². The first kappa shape index (κ1) is 19.7. The molecule has 0 saturated heterocycles. The van der Waals surface area contributed by atoms with Crippen molar-refractivity contribution >= 4 is 11.8 Å². The van der Waals surface area contributed by atoms with E-state index in [9.17, 15) is 9.59 Å². The average molecular weight is 352 g/mol. The van der Waals surface area contributed by atoms with Crippen molar-refractivity contribution < 1.29 is 9.59 Å². The van der Waals surface area contributed by atoms with Gasteiger partial charge in [0.05, 0.1) is 0 Å². The van der Waals surface area contributed by atoms with E-state index in [1.54, 1.807) is 6.07 Å². The Hall–Kier alpha value is -2.62. The number of hydrogen-bond donors (Lipinski definition) is 1. The monoisotopic (exact) mass is 352 g/mol. The Morgan fingerprint density at radius 1 is 1.04 bits per heavy atom. The minimum Gasteiger partial charge on any atom is -0.352 e. The number of aryl methyl sites for hydroxylation is 1. The molecule has 2 aromatic rings. The van der Waals surface area contributed by atoms with Crippen molar-refractivity contribution in [2.75, 3.05) is 6.54 Å². The molecule has 4 nitrogen and oxygen atoms in total. The highest BCUT2D eigenvalue weighted by Gasteiger charge is 2.19.